The SMILES string of the molecule is CC[C@H](C)[C@H](NC(=O)[C@H](CCCNC(=N)N)NC(=O)[C@H](Cc1cnc[nH]1)NC(=O)[C@@H](N)CC(N)=O)C(=O)N[C@@H](Cc1c[nH]c2ccccc12)C(=O)N[C@@H](CCC(=O)O)C(=O)N[C@@H](CO)C(=O)N[C@@H](Cc1ccccc1)C(=O)N[C@@H](Cc1c[nH]c2ccccc12)C(=O)N1CCC[C@H]1C(=O)N[C@@H](CO)C(=O)N[C@@H](C)C(=O)O. The van der Waals surface area contributed by atoms with Crippen LogP contribution in [0.4, 0.5) is 0 Å². The molecule has 0 bridgehead atoms. The summed E-state index contributed by atoms with van der Waals surface area (Å²) >= 11 is 0. The van der Waals surface area contributed by atoms with Crippen LogP contribution in [-0.4, -0.2) is 233 Å². The van der Waals surface area contributed by atoms with Gasteiger partial charge in [0, 0.05) is 91.3 Å². The van der Waals surface area contributed by atoms with Crippen molar-refractivity contribution in [3.63, 3.8) is 0 Å². The summed E-state index contributed by atoms with van der Waals surface area (Å²) < 4.78 is 0. The van der Waals surface area contributed by atoms with Crippen molar-refractivity contribution in [3.05, 3.63) is 126 Å². The lowest BCUT2D eigenvalue weighted by Gasteiger charge is -2.31. The molecular weight excluding hydrogens is 1430 g/mol. The number of carbonyl (C=O) groups is 14. The van der Waals surface area contributed by atoms with Gasteiger partial charge in [0.1, 0.15) is 66.5 Å². The van der Waals surface area contributed by atoms with Gasteiger partial charge in [0.25, 0.3) is 0 Å². The van der Waals surface area contributed by atoms with Gasteiger partial charge in [-0.05, 0) is 73.8 Å². The Morgan fingerprint density at radius 2 is 1.06 bits per heavy atom. The van der Waals surface area contributed by atoms with Gasteiger partial charge in [-0.25, -0.2) is 4.98 Å². The number of hydrogen-bond donors (Lipinski definition) is 22. The van der Waals surface area contributed by atoms with Gasteiger partial charge in [-0.15, -0.1) is 0 Å². The van der Waals surface area contributed by atoms with Crippen LogP contribution < -0.4 is 75.7 Å². The number of H-pyrrole nitrogens is 3. The van der Waals surface area contributed by atoms with Crippen LogP contribution in [0.15, 0.2) is 104 Å². The van der Waals surface area contributed by atoms with Crippen LogP contribution in [0.5, 0.6) is 0 Å². The minimum absolute atomic E-state index is 0.0195. The number of nitrogens with two attached hydrogens (primary N) is 3. The molecule has 110 heavy (non-hydrogen) atoms. The molecule has 12 amide bonds. The van der Waals surface area contributed by atoms with Crippen LogP contribution in [0.1, 0.15) is 94.5 Å². The molecule has 1 aliphatic heterocycles. The fourth-order valence-electron chi connectivity index (χ4n) is 12.4. The number of guanidine groups is 1. The average molecular weight is 1530 g/mol. The number of imidazole rings is 1. The predicted octanol–water partition coefficient (Wildman–Crippen LogP) is -4.05. The number of primary amides is 1. The molecule has 38 heteroatoms. The van der Waals surface area contributed by atoms with Crippen LogP contribution in [0.3, 0.4) is 0 Å². The Kier molecular flexibility index (Phi) is 31.8. The smallest absolute Gasteiger partial charge is 0.325 e. The van der Waals surface area contributed by atoms with Gasteiger partial charge in [-0.1, -0.05) is 87.0 Å². The van der Waals surface area contributed by atoms with E-state index in [1.807, 2.05) is 0 Å². The van der Waals surface area contributed by atoms with E-state index in [1.165, 1.54) is 24.3 Å². The molecule has 0 unspecified atom stereocenters. The summed E-state index contributed by atoms with van der Waals surface area (Å²) in [4.78, 5) is 208. The zero-order valence-electron chi connectivity index (χ0n) is 60.8. The zero-order chi connectivity index (χ0) is 80.3. The highest BCUT2D eigenvalue weighted by Crippen LogP contribution is 2.25. The molecule has 6 aromatic rings. The fourth-order valence-corrected chi connectivity index (χ4v) is 12.4. The van der Waals surface area contributed by atoms with Crippen LogP contribution in [0.25, 0.3) is 21.8 Å². The molecule has 0 saturated carbocycles. The monoisotopic (exact) mass is 1530 g/mol. The fraction of sp³-hybridized carbons (Fsp3) is 0.444. The number of benzene rings is 3. The number of fused-ring (bicyclic) bond motifs is 2. The Bertz CT molecular complexity index is 4250. The summed E-state index contributed by atoms with van der Waals surface area (Å²) in [5.74, 6) is -15.7. The van der Waals surface area contributed by atoms with Crippen molar-refractivity contribution in [2.24, 2.45) is 23.1 Å². The number of carboxylic acid groups (broad SMARTS) is 2. The van der Waals surface area contributed by atoms with Crippen molar-refractivity contribution >= 4 is 111 Å². The van der Waals surface area contributed by atoms with Gasteiger partial charge in [-0.3, -0.25) is 72.5 Å². The molecule has 13 atom stereocenters. The lowest BCUT2D eigenvalue weighted by molar-refractivity contribution is -0.143. The minimum Gasteiger partial charge on any atom is -0.481 e. The normalized spacial score (nSPS) is 15.9. The molecule has 0 radical (unpaired) electrons. The minimum atomic E-state index is -1.95. The lowest BCUT2D eigenvalue weighted by atomic mass is 9.96. The summed E-state index contributed by atoms with van der Waals surface area (Å²) in [5, 5.41) is 77.1. The molecule has 592 valence electrons. The standard InChI is InChI=1S/C72H96N20O18/c1-4-37(2)59(91-62(100)48(20-12-24-78-72(75)76)83-65(103)52(29-42-33-77-36-81-42)85-60(98)45(73)30-57(74)95)69(107)87-51(27-40-31-79-46-18-10-8-16-43(40)46)64(102)84-49(22-23-58(96)97)61(99)89-55(35-94)67(105)86-50(26-39-14-6-5-7-15-39)63(101)88-53(28-41-32-80-47-19-11-9-17-44(41)47)70(108)92-25-13-21-56(92)68(106)90-54(34-93)66(104)82-38(3)71(109)110/h5-11,14-19,31-33,36-38,45,48-56,59,79-80,93-94H,4,12-13,20-30,34-35,73H2,1-3H3,(H2,74,95)(H,77,81)(H,82,104)(H,83,103)(H,84,102)(H,85,98)(H,86,105)(H,87,107)(H,88,101)(H,89,99)(H,90,106)(H,91,100)(H,96,97)(H,109,110)(H4,75,76,78)/t37-,38-,45-,48-,49-,50-,51-,52-,53-,54-,55-,56-,59-/m0/s1. The van der Waals surface area contributed by atoms with Crippen molar-refractivity contribution in [2.75, 3.05) is 26.3 Å². The Morgan fingerprint density at radius 3 is 1.63 bits per heavy atom. The molecule has 7 rings (SSSR count). The first-order valence-electron chi connectivity index (χ1n) is 35.7. The second kappa shape index (κ2) is 41.1. The zero-order valence-corrected chi connectivity index (χ0v) is 60.8. The third kappa shape index (κ3) is 24.6. The van der Waals surface area contributed by atoms with Crippen LogP contribution in [0, 0.1) is 11.3 Å². The van der Waals surface area contributed by atoms with E-state index in [9.17, 15) is 73.2 Å². The van der Waals surface area contributed by atoms with Gasteiger partial charge in [0.05, 0.1) is 32.0 Å². The van der Waals surface area contributed by atoms with Crippen molar-refractivity contribution in [1.82, 2.24) is 83.3 Å². The Labute approximate surface area is 630 Å². The van der Waals surface area contributed by atoms with Gasteiger partial charge < -0.3 is 116 Å². The maximum Gasteiger partial charge on any atom is 0.325 e. The number of nitrogens with zero attached hydrogens (tertiary/aromatic N) is 2. The van der Waals surface area contributed by atoms with Gasteiger partial charge in [-0.2, -0.15) is 0 Å². The molecule has 1 saturated heterocycles. The van der Waals surface area contributed by atoms with Crippen molar-refractivity contribution in [2.45, 2.75) is 170 Å². The van der Waals surface area contributed by atoms with Gasteiger partial charge in [0.15, 0.2) is 5.96 Å². The van der Waals surface area contributed by atoms with E-state index in [0.717, 1.165) is 0 Å². The summed E-state index contributed by atoms with van der Waals surface area (Å²) in [6.07, 6.45) is 3.37. The van der Waals surface area contributed by atoms with E-state index < -0.39 is 200 Å². The highest BCUT2D eigenvalue weighted by molar-refractivity contribution is 6.01. The maximum absolute atomic E-state index is 15.0. The molecule has 1 aliphatic rings. The first-order valence-corrected chi connectivity index (χ1v) is 35.7. The molecule has 3 aromatic carbocycles. The Balaban J connectivity index is 1.14. The summed E-state index contributed by atoms with van der Waals surface area (Å²) in [6.45, 7) is 2.41. The second-order valence-electron chi connectivity index (χ2n) is 26.8. The van der Waals surface area contributed by atoms with Crippen molar-refractivity contribution in [1.29, 1.82) is 5.41 Å². The molecule has 0 aliphatic carbocycles. The highest BCUT2D eigenvalue weighted by atomic mass is 16.4. The highest BCUT2D eigenvalue weighted by Gasteiger charge is 2.42. The van der Waals surface area contributed by atoms with E-state index in [2.05, 4.69) is 78.4 Å². The molecule has 4 heterocycles. The number of aliphatic hydroxyl groups is 2. The number of para-hydroxylation sites is 2. The van der Waals surface area contributed by atoms with E-state index >= 15 is 14.4 Å². The third-order valence-corrected chi connectivity index (χ3v) is 18.6. The number of carbonyl (C=O) groups excluding carboxylic acids is 12. The largest absolute Gasteiger partial charge is 0.481 e. The Morgan fingerprint density at radius 1 is 0.573 bits per heavy atom. The molecule has 3 aromatic heterocycles. The topological polar surface area (TPSA) is 618 Å². The molecule has 38 nitrogen and oxygen atoms in total. The number of amides is 12. The predicted molar refractivity (Wildman–Crippen MR) is 395 cm³/mol. The maximum atomic E-state index is 15.0. The number of aromatic amines is 3. The number of carboxylic acids is 2. The molecule has 25 N–H and O–H groups in total. The van der Waals surface area contributed by atoms with E-state index in [1.54, 1.807) is 105 Å². The van der Waals surface area contributed by atoms with Crippen molar-refractivity contribution < 1.29 is 87.5 Å². The van der Waals surface area contributed by atoms with Crippen molar-refractivity contribution in [3.8, 4) is 0 Å². The molecule has 0 spiro atoms. The van der Waals surface area contributed by atoms with Crippen LogP contribution in [0.2, 0.25) is 0 Å². The Hall–Kier alpha value is -12.3. The summed E-state index contributed by atoms with van der Waals surface area (Å²) in [6, 6.07) is 3.52. The van der Waals surface area contributed by atoms with Crippen LogP contribution >= 0.6 is 0 Å². The number of nitrogens with one attached hydrogen (secondary N) is 15. The number of aliphatic hydroxyl groups excluding tert-OH is 2. The number of likely N-dealkylation sites (tertiary alicyclic amines) is 1. The van der Waals surface area contributed by atoms with E-state index in [4.69, 9.17) is 22.6 Å². The first-order chi connectivity index (χ1) is 52.5. The quantitative estimate of drug-likeness (QED) is 0.00984. The van der Waals surface area contributed by atoms with Gasteiger partial charge >= 0.3 is 11.9 Å². The lowest BCUT2D eigenvalue weighted by Crippen LogP contribution is -2.62. The summed E-state index contributed by atoms with van der Waals surface area (Å²) in [5.41, 5.74) is 19.8. The average Bonchev–Trinajstić information content (AvgIpc) is 1.63. The second-order valence-corrected chi connectivity index (χ2v) is 26.8. The third-order valence-electron chi connectivity index (χ3n) is 18.6. The number of aliphatic carboxylic acids is 2. The number of aromatic nitrogens is 4. The molecular formula is C72H96N20O18. The molecule has 1 fully saturated rings. The number of rotatable bonds is 43. The van der Waals surface area contributed by atoms with E-state index in [0.29, 0.717) is 44.2 Å². The summed E-state index contributed by atoms with van der Waals surface area (Å²) in [7, 11) is 0. The van der Waals surface area contributed by atoms with Crippen LogP contribution in [-0.2, 0) is 92.8 Å². The number of hydrogen-bond acceptors (Lipinski definition) is 19. The van der Waals surface area contributed by atoms with E-state index in [-0.39, 0.29) is 70.9 Å². The van der Waals surface area contributed by atoms with Gasteiger partial charge in [0.2, 0.25) is 70.9 Å². The first kappa shape index (κ1) is 84.9.